The predicted molar refractivity (Wildman–Crippen MR) is 86.9 cm³/mol. The van der Waals surface area contributed by atoms with E-state index in [-0.39, 0.29) is 13.2 Å². The Bertz CT molecular complexity index is 572. The minimum Gasteiger partial charge on any atom is -0.395 e. The third-order valence-corrected chi connectivity index (χ3v) is 3.20. The van der Waals surface area contributed by atoms with Gasteiger partial charge in [-0.1, -0.05) is 30.3 Å². The van der Waals surface area contributed by atoms with E-state index in [0.29, 0.717) is 31.4 Å². The van der Waals surface area contributed by atoms with E-state index in [1.165, 1.54) is 0 Å². The summed E-state index contributed by atoms with van der Waals surface area (Å²) < 4.78 is 0. The second-order valence-electron chi connectivity index (χ2n) is 4.96. The van der Waals surface area contributed by atoms with Crippen molar-refractivity contribution in [3.63, 3.8) is 0 Å². The number of hydrogen-bond acceptors (Lipinski definition) is 6. The molecule has 0 aliphatic heterocycles. The summed E-state index contributed by atoms with van der Waals surface area (Å²) in [7, 11) is 0. The van der Waals surface area contributed by atoms with Crippen molar-refractivity contribution >= 4 is 11.8 Å². The molecule has 0 saturated carbocycles. The highest BCUT2D eigenvalue weighted by Crippen LogP contribution is 2.15. The first-order valence-electron chi connectivity index (χ1n) is 7.33. The Kier molecular flexibility index (Phi) is 6.12. The van der Waals surface area contributed by atoms with E-state index in [1.807, 2.05) is 48.2 Å². The van der Waals surface area contributed by atoms with Crippen LogP contribution in [0.2, 0.25) is 0 Å². The Morgan fingerprint density at radius 1 is 1.05 bits per heavy atom. The van der Waals surface area contributed by atoms with Crippen LogP contribution in [0.25, 0.3) is 0 Å². The van der Waals surface area contributed by atoms with Crippen LogP contribution in [0.3, 0.4) is 0 Å². The Balaban J connectivity index is 2.11. The number of hydrogen-bond donors (Lipinski definition) is 3. The summed E-state index contributed by atoms with van der Waals surface area (Å²) in [5.74, 6) is 1.24. The quantitative estimate of drug-likeness (QED) is 0.679. The standard InChI is InChI=1S/C16H22N4O2/c1-13-11-15(20(7-9-21)8-10-22)19-16(18-13)17-12-14-5-3-2-4-6-14/h2-6,11,21-22H,7-10,12H2,1H3,(H,17,18,19). The van der Waals surface area contributed by atoms with Gasteiger partial charge in [0.1, 0.15) is 5.82 Å². The molecule has 6 heteroatoms. The maximum atomic E-state index is 9.13. The molecule has 0 bridgehead atoms. The average molecular weight is 302 g/mol. The number of aromatic nitrogens is 2. The molecular formula is C16H22N4O2. The van der Waals surface area contributed by atoms with Crippen LogP contribution in [0.4, 0.5) is 11.8 Å². The van der Waals surface area contributed by atoms with Crippen LogP contribution >= 0.6 is 0 Å². The first-order chi connectivity index (χ1) is 10.7. The van der Waals surface area contributed by atoms with Crippen LogP contribution in [0, 0.1) is 6.92 Å². The topological polar surface area (TPSA) is 81.5 Å². The molecule has 0 aliphatic carbocycles. The van der Waals surface area contributed by atoms with Gasteiger partial charge in [-0.15, -0.1) is 0 Å². The van der Waals surface area contributed by atoms with Crippen LogP contribution in [-0.4, -0.2) is 46.5 Å². The number of aryl methyl sites for hydroxylation is 1. The lowest BCUT2D eigenvalue weighted by Crippen LogP contribution is -2.30. The summed E-state index contributed by atoms with van der Waals surface area (Å²) in [6, 6.07) is 11.9. The Morgan fingerprint density at radius 2 is 1.73 bits per heavy atom. The van der Waals surface area contributed by atoms with E-state index in [2.05, 4.69) is 15.3 Å². The van der Waals surface area contributed by atoms with E-state index < -0.39 is 0 Å². The van der Waals surface area contributed by atoms with Crippen LogP contribution < -0.4 is 10.2 Å². The highest BCUT2D eigenvalue weighted by atomic mass is 16.3. The van der Waals surface area contributed by atoms with Gasteiger partial charge in [-0.2, -0.15) is 4.98 Å². The van der Waals surface area contributed by atoms with Crippen molar-refractivity contribution in [3.8, 4) is 0 Å². The van der Waals surface area contributed by atoms with Crippen LogP contribution in [0.15, 0.2) is 36.4 Å². The number of anilines is 2. The first kappa shape index (κ1) is 16.2. The Labute approximate surface area is 130 Å². The number of rotatable bonds is 8. The molecule has 22 heavy (non-hydrogen) atoms. The van der Waals surface area contributed by atoms with E-state index in [0.717, 1.165) is 11.3 Å². The number of aliphatic hydroxyl groups is 2. The lowest BCUT2D eigenvalue weighted by molar-refractivity contribution is 0.280. The molecule has 0 atom stereocenters. The number of benzene rings is 1. The van der Waals surface area contributed by atoms with Crippen molar-refractivity contribution in [2.24, 2.45) is 0 Å². The molecule has 0 aliphatic rings. The van der Waals surface area contributed by atoms with Crippen molar-refractivity contribution in [3.05, 3.63) is 47.7 Å². The number of nitrogens with one attached hydrogen (secondary N) is 1. The highest BCUT2D eigenvalue weighted by molar-refractivity contribution is 5.45. The zero-order chi connectivity index (χ0) is 15.8. The molecule has 118 valence electrons. The molecule has 0 fully saturated rings. The van der Waals surface area contributed by atoms with Gasteiger partial charge in [-0.25, -0.2) is 4.98 Å². The van der Waals surface area contributed by atoms with Crippen LogP contribution in [-0.2, 0) is 6.54 Å². The van der Waals surface area contributed by atoms with Gasteiger partial charge in [0.05, 0.1) is 13.2 Å². The minimum absolute atomic E-state index is 0.00975. The summed E-state index contributed by atoms with van der Waals surface area (Å²) >= 11 is 0. The van der Waals surface area contributed by atoms with Crippen molar-refractivity contribution in [2.75, 3.05) is 36.5 Å². The van der Waals surface area contributed by atoms with Gasteiger partial charge in [0, 0.05) is 31.4 Å². The first-order valence-corrected chi connectivity index (χ1v) is 7.33. The zero-order valence-electron chi connectivity index (χ0n) is 12.7. The van der Waals surface area contributed by atoms with E-state index >= 15 is 0 Å². The van der Waals surface area contributed by atoms with Gasteiger partial charge in [-0.05, 0) is 12.5 Å². The molecule has 1 aromatic carbocycles. The second-order valence-corrected chi connectivity index (χ2v) is 4.96. The lowest BCUT2D eigenvalue weighted by Gasteiger charge is -2.22. The molecule has 2 rings (SSSR count). The van der Waals surface area contributed by atoms with Crippen molar-refractivity contribution < 1.29 is 10.2 Å². The maximum absolute atomic E-state index is 9.13. The van der Waals surface area contributed by atoms with Crippen molar-refractivity contribution in [1.82, 2.24) is 9.97 Å². The molecule has 3 N–H and O–H groups in total. The van der Waals surface area contributed by atoms with E-state index in [9.17, 15) is 0 Å². The smallest absolute Gasteiger partial charge is 0.225 e. The van der Waals surface area contributed by atoms with Crippen LogP contribution in [0.1, 0.15) is 11.3 Å². The summed E-state index contributed by atoms with van der Waals surface area (Å²) in [6.07, 6.45) is 0. The van der Waals surface area contributed by atoms with Gasteiger partial charge in [-0.3, -0.25) is 0 Å². The van der Waals surface area contributed by atoms with E-state index in [1.54, 1.807) is 0 Å². The second kappa shape index (κ2) is 8.31. The number of aliphatic hydroxyl groups excluding tert-OH is 2. The molecule has 0 saturated heterocycles. The third kappa shape index (κ3) is 4.68. The number of nitrogens with zero attached hydrogens (tertiary/aromatic N) is 3. The Hall–Kier alpha value is -2.18. The van der Waals surface area contributed by atoms with E-state index in [4.69, 9.17) is 10.2 Å². The monoisotopic (exact) mass is 302 g/mol. The predicted octanol–water partition coefficient (Wildman–Crippen LogP) is 1.19. The summed E-state index contributed by atoms with van der Waals surface area (Å²) in [4.78, 5) is 10.7. The fraction of sp³-hybridized carbons (Fsp3) is 0.375. The molecular weight excluding hydrogens is 280 g/mol. The molecule has 0 radical (unpaired) electrons. The van der Waals surface area contributed by atoms with Crippen molar-refractivity contribution in [2.45, 2.75) is 13.5 Å². The average Bonchev–Trinajstić information content (AvgIpc) is 2.53. The van der Waals surface area contributed by atoms with Crippen LogP contribution in [0.5, 0.6) is 0 Å². The lowest BCUT2D eigenvalue weighted by atomic mass is 10.2. The fourth-order valence-corrected chi connectivity index (χ4v) is 2.15. The molecule has 0 amide bonds. The SMILES string of the molecule is Cc1cc(N(CCO)CCO)nc(NCc2ccccc2)n1. The Morgan fingerprint density at radius 3 is 2.36 bits per heavy atom. The summed E-state index contributed by atoms with van der Waals surface area (Å²) in [5, 5.41) is 21.5. The molecule has 0 spiro atoms. The van der Waals surface area contributed by atoms with Gasteiger partial charge in [0.25, 0.3) is 0 Å². The largest absolute Gasteiger partial charge is 0.395 e. The zero-order valence-corrected chi connectivity index (χ0v) is 12.7. The van der Waals surface area contributed by atoms with Gasteiger partial charge < -0.3 is 20.4 Å². The maximum Gasteiger partial charge on any atom is 0.225 e. The minimum atomic E-state index is 0.00975. The van der Waals surface area contributed by atoms with Crippen molar-refractivity contribution in [1.29, 1.82) is 0 Å². The summed E-state index contributed by atoms with van der Waals surface area (Å²) in [5.41, 5.74) is 1.98. The highest BCUT2D eigenvalue weighted by Gasteiger charge is 2.10. The molecule has 1 aromatic heterocycles. The molecule has 2 aromatic rings. The van der Waals surface area contributed by atoms with Gasteiger partial charge in [0.2, 0.25) is 5.95 Å². The molecule has 1 heterocycles. The third-order valence-electron chi connectivity index (χ3n) is 3.20. The fourth-order valence-electron chi connectivity index (χ4n) is 2.15. The normalized spacial score (nSPS) is 10.5. The summed E-state index contributed by atoms with van der Waals surface area (Å²) in [6.45, 7) is 3.41. The van der Waals surface area contributed by atoms with Gasteiger partial charge >= 0.3 is 0 Å². The van der Waals surface area contributed by atoms with Gasteiger partial charge in [0.15, 0.2) is 0 Å². The molecule has 0 unspecified atom stereocenters. The molecule has 6 nitrogen and oxygen atoms in total.